The fraction of sp³-hybridized carbons (Fsp3) is 0.176. The monoisotopic (exact) mass is 349 g/mol. The van der Waals surface area contributed by atoms with Crippen LogP contribution < -0.4 is 0 Å². The van der Waals surface area contributed by atoms with E-state index in [0.29, 0.717) is 22.6 Å². The number of aryl methyl sites for hydroxylation is 1. The Morgan fingerprint density at radius 3 is 2.79 bits per heavy atom. The molecule has 0 radical (unpaired) electrons. The molecule has 0 bridgehead atoms. The molecule has 0 fully saturated rings. The van der Waals surface area contributed by atoms with E-state index in [2.05, 4.69) is 16.5 Å². The first-order chi connectivity index (χ1) is 11.4. The summed E-state index contributed by atoms with van der Waals surface area (Å²) in [7, 11) is 1.79. The lowest BCUT2D eigenvalue weighted by atomic mass is 10.2. The first-order valence-electron chi connectivity index (χ1n) is 7.13. The van der Waals surface area contributed by atoms with E-state index in [4.69, 9.17) is 0 Å². The number of fused-ring (bicyclic) bond motifs is 1. The zero-order chi connectivity index (χ0) is 17.3. The molecule has 3 aromatic rings. The number of alkyl halides is 3. The Morgan fingerprint density at radius 1 is 1.29 bits per heavy atom. The highest BCUT2D eigenvalue weighted by Crippen LogP contribution is 2.34. The van der Waals surface area contributed by atoms with Crippen LogP contribution in [0.5, 0.6) is 0 Å². The third-order valence-corrected chi connectivity index (χ3v) is 4.63. The molecule has 0 atom stereocenters. The molecule has 0 spiro atoms. The lowest BCUT2D eigenvalue weighted by Crippen LogP contribution is -2.04. The van der Waals surface area contributed by atoms with E-state index in [1.165, 1.54) is 6.07 Å². The van der Waals surface area contributed by atoms with Crippen LogP contribution in [0.25, 0.3) is 22.4 Å². The van der Waals surface area contributed by atoms with Gasteiger partial charge in [-0.25, -0.2) is 4.98 Å². The zero-order valence-electron chi connectivity index (χ0n) is 12.8. The predicted octanol–water partition coefficient (Wildman–Crippen LogP) is 4.93. The molecule has 3 rings (SSSR count). The van der Waals surface area contributed by atoms with Crippen LogP contribution in [0.15, 0.2) is 54.2 Å². The number of benzene rings is 1. The quantitative estimate of drug-likeness (QED) is 0.494. The molecule has 7 heteroatoms. The van der Waals surface area contributed by atoms with Gasteiger partial charge in [0.2, 0.25) is 0 Å². The third-order valence-electron chi connectivity index (χ3n) is 3.59. The topological polar surface area (TPSA) is 30.7 Å². The Balaban J connectivity index is 2.14. The van der Waals surface area contributed by atoms with Gasteiger partial charge in [-0.2, -0.15) is 13.2 Å². The zero-order valence-corrected chi connectivity index (χ0v) is 13.7. The fourth-order valence-electron chi connectivity index (χ4n) is 2.45. The molecule has 124 valence electrons. The van der Waals surface area contributed by atoms with Crippen LogP contribution in [-0.2, 0) is 13.2 Å². The molecule has 0 saturated heterocycles. The molecule has 0 aliphatic heterocycles. The number of pyridine rings is 1. The van der Waals surface area contributed by atoms with Crippen molar-refractivity contribution < 1.29 is 13.2 Å². The first kappa shape index (κ1) is 16.6. The minimum Gasteiger partial charge on any atom is -0.327 e. The third kappa shape index (κ3) is 3.03. The van der Waals surface area contributed by atoms with E-state index < -0.39 is 11.7 Å². The van der Waals surface area contributed by atoms with Gasteiger partial charge in [-0.05, 0) is 24.3 Å². The molecule has 0 aliphatic rings. The standard InChI is InChI=1S/C17H14F3N3S/c1-3-8-24-15-10-21-7-6-12(15)16-22-13-9-11(17(18,19)20)4-5-14(13)23(16)2/h3-7,9-10H,1,8H2,2H3. The van der Waals surface area contributed by atoms with Crippen molar-refractivity contribution in [2.45, 2.75) is 11.1 Å². The Bertz CT molecular complexity index is 900. The molecular formula is C17H14F3N3S. The number of hydrogen-bond donors (Lipinski definition) is 0. The average Bonchev–Trinajstić information content (AvgIpc) is 2.89. The number of aromatic nitrogens is 3. The lowest BCUT2D eigenvalue weighted by Gasteiger charge is -2.08. The summed E-state index contributed by atoms with van der Waals surface area (Å²) >= 11 is 1.55. The summed E-state index contributed by atoms with van der Waals surface area (Å²) in [6, 6.07) is 5.42. The van der Waals surface area contributed by atoms with Crippen LogP contribution in [-0.4, -0.2) is 20.3 Å². The van der Waals surface area contributed by atoms with Crippen molar-refractivity contribution in [3.8, 4) is 11.4 Å². The SMILES string of the molecule is C=CCSc1cnccc1-c1nc2cc(C(F)(F)F)ccc2n1C. The summed E-state index contributed by atoms with van der Waals surface area (Å²) in [5, 5.41) is 0. The largest absolute Gasteiger partial charge is 0.416 e. The Hall–Kier alpha value is -2.28. The minimum absolute atomic E-state index is 0.318. The molecule has 0 N–H and O–H groups in total. The normalized spacial score (nSPS) is 11.8. The van der Waals surface area contributed by atoms with Crippen molar-refractivity contribution in [2.75, 3.05) is 5.75 Å². The molecule has 0 aliphatic carbocycles. The van der Waals surface area contributed by atoms with E-state index in [1.807, 2.05) is 6.07 Å². The second-order valence-corrected chi connectivity index (χ2v) is 6.23. The molecule has 0 saturated carbocycles. The van der Waals surface area contributed by atoms with Gasteiger partial charge >= 0.3 is 6.18 Å². The van der Waals surface area contributed by atoms with Gasteiger partial charge in [-0.15, -0.1) is 18.3 Å². The molecule has 0 unspecified atom stereocenters. The van der Waals surface area contributed by atoms with Crippen molar-refractivity contribution in [3.63, 3.8) is 0 Å². The van der Waals surface area contributed by atoms with E-state index >= 15 is 0 Å². The second kappa shape index (κ2) is 6.32. The molecule has 24 heavy (non-hydrogen) atoms. The number of thioether (sulfide) groups is 1. The van der Waals surface area contributed by atoms with Crippen LogP contribution in [0, 0.1) is 0 Å². The van der Waals surface area contributed by atoms with Crippen LogP contribution in [0.1, 0.15) is 5.56 Å². The van der Waals surface area contributed by atoms with Crippen molar-refractivity contribution in [2.24, 2.45) is 7.05 Å². The summed E-state index contributed by atoms with van der Waals surface area (Å²) in [5.74, 6) is 1.32. The smallest absolute Gasteiger partial charge is 0.327 e. The molecule has 1 aromatic carbocycles. The van der Waals surface area contributed by atoms with Gasteiger partial charge in [-0.3, -0.25) is 4.98 Å². The van der Waals surface area contributed by atoms with E-state index in [1.54, 1.807) is 41.8 Å². The Labute approximate surface area is 141 Å². The molecule has 3 nitrogen and oxygen atoms in total. The second-order valence-electron chi connectivity index (χ2n) is 5.17. The predicted molar refractivity (Wildman–Crippen MR) is 89.9 cm³/mol. The highest BCUT2D eigenvalue weighted by molar-refractivity contribution is 7.99. The van der Waals surface area contributed by atoms with Gasteiger partial charge in [0.05, 0.1) is 16.6 Å². The highest BCUT2D eigenvalue weighted by Gasteiger charge is 2.31. The summed E-state index contributed by atoms with van der Waals surface area (Å²) in [6.07, 6.45) is 0.775. The number of nitrogens with zero attached hydrogens (tertiary/aromatic N) is 3. The lowest BCUT2D eigenvalue weighted by molar-refractivity contribution is -0.137. The summed E-state index contributed by atoms with van der Waals surface area (Å²) in [6.45, 7) is 3.69. The van der Waals surface area contributed by atoms with Crippen molar-refractivity contribution >= 4 is 22.8 Å². The van der Waals surface area contributed by atoms with Crippen LogP contribution in [0.4, 0.5) is 13.2 Å². The van der Waals surface area contributed by atoms with Crippen LogP contribution in [0.2, 0.25) is 0 Å². The van der Waals surface area contributed by atoms with Gasteiger partial charge < -0.3 is 4.57 Å². The fourth-order valence-corrected chi connectivity index (χ4v) is 3.19. The number of rotatable bonds is 4. The van der Waals surface area contributed by atoms with E-state index in [0.717, 1.165) is 22.6 Å². The maximum atomic E-state index is 12.9. The van der Waals surface area contributed by atoms with Gasteiger partial charge in [0.25, 0.3) is 0 Å². The van der Waals surface area contributed by atoms with Gasteiger partial charge in [0, 0.05) is 35.7 Å². The van der Waals surface area contributed by atoms with E-state index in [-0.39, 0.29) is 0 Å². The van der Waals surface area contributed by atoms with Crippen molar-refractivity contribution in [3.05, 3.63) is 54.9 Å². The van der Waals surface area contributed by atoms with Crippen LogP contribution >= 0.6 is 11.8 Å². The van der Waals surface area contributed by atoms with E-state index in [9.17, 15) is 13.2 Å². The molecule has 0 amide bonds. The number of hydrogen-bond acceptors (Lipinski definition) is 3. The summed E-state index contributed by atoms with van der Waals surface area (Å²) in [5.41, 5.74) is 1.10. The molecular weight excluding hydrogens is 335 g/mol. The van der Waals surface area contributed by atoms with Gasteiger partial charge in [0.1, 0.15) is 5.82 Å². The Kier molecular flexibility index (Phi) is 4.36. The minimum atomic E-state index is -4.38. The average molecular weight is 349 g/mol. The number of halogens is 3. The Morgan fingerprint density at radius 2 is 2.08 bits per heavy atom. The maximum Gasteiger partial charge on any atom is 0.416 e. The summed E-state index contributed by atoms with van der Waals surface area (Å²) < 4.78 is 40.5. The van der Waals surface area contributed by atoms with Crippen LogP contribution in [0.3, 0.4) is 0 Å². The number of imidazole rings is 1. The summed E-state index contributed by atoms with van der Waals surface area (Å²) in [4.78, 5) is 9.44. The van der Waals surface area contributed by atoms with Crippen molar-refractivity contribution in [1.29, 1.82) is 0 Å². The molecule has 2 aromatic heterocycles. The first-order valence-corrected chi connectivity index (χ1v) is 8.12. The highest BCUT2D eigenvalue weighted by atomic mass is 32.2. The van der Waals surface area contributed by atoms with Crippen molar-refractivity contribution in [1.82, 2.24) is 14.5 Å². The molecule has 2 heterocycles. The van der Waals surface area contributed by atoms with Gasteiger partial charge in [0.15, 0.2) is 0 Å². The van der Waals surface area contributed by atoms with Gasteiger partial charge in [-0.1, -0.05) is 6.08 Å². The maximum absolute atomic E-state index is 12.9.